The van der Waals surface area contributed by atoms with Gasteiger partial charge in [0.05, 0.1) is 12.0 Å². The summed E-state index contributed by atoms with van der Waals surface area (Å²) in [7, 11) is 0. The van der Waals surface area contributed by atoms with E-state index in [1.54, 1.807) is 5.48 Å². The Bertz CT molecular complexity index is 974. The maximum absolute atomic E-state index is 13.3. The predicted octanol–water partition coefficient (Wildman–Crippen LogP) is 3.06. The number of piperidine rings is 1. The molecule has 5 rings (SSSR count). The van der Waals surface area contributed by atoms with Crippen LogP contribution in [-0.2, 0) is 9.59 Å². The van der Waals surface area contributed by atoms with Crippen molar-refractivity contribution in [2.45, 2.75) is 37.6 Å². The number of carbonyl (C=O) groups excluding carboxylic acids is 2. The maximum Gasteiger partial charge on any atom is 0.248 e. The molecule has 2 amide bonds. The van der Waals surface area contributed by atoms with Gasteiger partial charge >= 0.3 is 0 Å². The van der Waals surface area contributed by atoms with Crippen LogP contribution in [-0.4, -0.2) is 47.6 Å². The van der Waals surface area contributed by atoms with E-state index in [4.69, 9.17) is 4.74 Å². The first-order valence-electron chi connectivity index (χ1n) is 11.4. The van der Waals surface area contributed by atoms with Crippen LogP contribution in [0.3, 0.4) is 0 Å². The van der Waals surface area contributed by atoms with E-state index in [0.717, 1.165) is 37.3 Å². The molecule has 3 atom stereocenters. The van der Waals surface area contributed by atoms with Gasteiger partial charge in [-0.15, -0.1) is 0 Å². The van der Waals surface area contributed by atoms with E-state index in [-0.39, 0.29) is 17.2 Å². The van der Waals surface area contributed by atoms with Gasteiger partial charge in [-0.3, -0.25) is 14.8 Å². The Balaban J connectivity index is 1.22. The molecule has 2 aromatic carbocycles. The van der Waals surface area contributed by atoms with E-state index in [1.165, 1.54) is 5.56 Å². The zero-order valence-corrected chi connectivity index (χ0v) is 18.0. The molecule has 1 spiro atoms. The largest absolute Gasteiger partial charge is 0.457 e. The molecule has 2 saturated heterocycles. The summed E-state index contributed by atoms with van der Waals surface area (Å²) in [5.74, 6) is 0.800. The van der Waals surface area contributed by atoms with Crippen LogP contribution >= 0.6 is 0 Å². The van der Waals surface area contributed by atoms with Crippen LogP contribution in [0.1, 0.15) is 37.2 Å². The molecule has 3 aliphatic rings. The van der Waals surface area contributed by atoms with Crippen LogP contribution in [0.25, 0.3) is 0 Å². The van der Waals surface area contributed by atoms with E-state index in [9.17, 15) is 14.8 Å². The summed E-state index contributed by atoms with van der Waals surface area (Å²) in [5.41, 5.74) is 3.08. The number of nitrogens with zero attached hydrogens (tertiary/aromatic N) is 1. The van der Waals surface area contributed by atoms with Crippen LogP contribution < -0.4 is 15.5 Å². The molecule has 2 aromatic rings. The van der Waals surface area contributed by atoms with Crippen molar-refractivity contribution in [2.75, 3.05) is 19.6 Å². The number of amides is 2. The van der Waals surface area contributed by atoms with Crippen molar-refractivity contribution in [1.82, 2.24) is 15.7 Å². The minimum Gasteiger partial charge on any atom is -0.457 e. The molecule has 7 heteroatoms. The highest BCUT2D eigenvalue weighted by atomic mass is 16.5. The van der Waals surface area contributed by atoms with E-state index in [0.29, 0.717) is 19.5 Å². The number of likely N-dealkylation sites (tertiary alicyclic amines) is 1. The Labute approximate surface area is 187 Å². The molecule has 168 valence electrons. The molecule has 2 heterocycles. The Hall–Kier alpha value is -2.90. The maximum atomic E-state index is 13.3. The Kier molecular flexibility index (Phi) is 5.61. The molecule has 1 saturated carbocycles. The zero-order valence-electron chi connectivity index (χ0n) is 18.0. The molecule has 1 aliphatic carbocycles. The first-order valence-corrected chi connectivity index (χ1v) is 11.4. The number of benzene rings is 2. The van der Waals surface area contributed by atoms with Crippen molar-refractivity contribution in [3.05, 3.63) is 60.2 Å². The first-order chi connectivity index (χ1) is 15.6. The predicted molar refractivity (Wildman–Crippen MR) is 118 cm³/mol. The van der Waals surface area contributed by atoms with Gasteiger partial charge in [-0.1, -0.05) is 30.3 Å². The lowest BCUT2D eigenvalue weighted by Gasteiger charge is -2.37. The summed E-state index contributed by atoms with van der Waals surface area (Å²) < 4.78 is 5.87. The number of hydrogen-bond acceptors (Lipinski definition) is 5. The number of hydroxylamine groups is 1. The molecule has 0 bridgehead atoms. The van der Waals surface area contributed by atoms with Crippen LogP contribution in [0.2, 0.25) is 0 Å². The average molecular weight is 436 g/mol. The van der Waals surface area contributed by atoms with E-state index in [2.05, 4.69) is 17.4 Å². The third-order valence-electron chi connectivity index (χ3n) is 7.25. The Morgan fingerprint density at radius 3 is 2.47 bits per heavy atom. The molecular weight excluding hydrogens is 406 g/mol. The van der Waals surface area contributed by atoms with Gasteiger partial charge in [0.15, 0.2) is 0 Å². The van der Waals surface area contributed by atoms with Crippen molar-refractivity contribution in [1.29, 1.82) is 0 Å². The van der Waals surface area contributed by atoms with Crippen molar-refractivity contribution >= 4 is 11.8 Å². The van der Waals surface area contributed by atoms with Gasteiger partial charge < -0.3 is 15.0 Å². The van der Waals surface area contributed by atoms with E-state index < -0.39 is 17.9 Å². The Morgan fingerprint density at radius 1 is 1.06 bits per heavy atom. The number of rotatable bonds is 5. The lowest BCUT2D eigenvalue weighted by atomic mass is 9.81. The Morgan fingerprint density at radius 2 is 1.78 bits per heavy atom. The minimum atomic E-state index is -0.575. The number of hydrogen-bond donors (Lipinski definition) is 3. The van der Waals surface area contributed by atoms with Crippen LogP contribution in [0.4, 0.5) is 0 Å². The molecule has 0 radical (unpaired) electrons. The van der Waals surface area contributed by atoms with Gasteiger partial charge in [-0.25, -0.2) is 5.48 Å². The van der Waals surface area contributed by atoms with Gasteiger partial charge in [0.25, 0.3) is 0 Å². The molecule has 32 heavy (non-hydrogen) atoms. The molecule has 3 fully saturated rings. The molecule has 1 unspecified atom stereocenters. The summed E-state index contributed by atoms with van der Waals surface area (Å²) in [6.07, 6.45) is 3.69. The smallest absolute Gasteiger partial charge is 0.248 e. The van der Waals surface area contributed by atoms with Crippen molar-refractivity contribution < 1.29 is 19.5 Å². The molecule has 7 nitrogen and oxygen atoms in total. The second-order valence-corrected chi connectivity index (χ2v) is 9.40. The topological polar surface area (TPSA) is 90.9 Å². The SMILES string of the molecule is O=C(NO)[C@H]1CC2(CC2)CN[C@@H]1C(=O)N1CCC(c2ccc(Oc3ccccc3)cc2)C1. The normalized spacial score (nSPS) is 26.0. The highest BCUT2D eigenvalue weighted by Crippen LogP contribution is 2.52. The first kappa shape index (κ1) is 21.0. The fourth-order valence-electron chi connectivity index (χ4n) is 5.13. The summed E-state index contributed by atoms with van der Waals surface area (Å²) in [4.78, 5) is 27.4. The molecule has 0 aromatic heterocycles. The number of carbonyl (C=O) groups is 2. The highest BCUT2D eigenvalue weighted by molar-refractivity contribution is 5.90. The summed E-state index contributed by atoms with van der Waals surface area (Å²) in [5, 5.41) is 12.5. The highest BCUT2D eigenvalue weighted by Gasteiger charge is 2.53. The quantitative estimate of drug-likeness (QED) is 0.496. The van der Waals surface area contributed by atoms with Gasteiger partial charge in [-0.2, -0.15) is 0 Å². The summed E-state index contributed by atoms with van der Waals surface area (Å²) in [6.45, 7) is 2.07. The van der Waals surface area contributed by atoms with Crippen LogP contribution in [0, 0.1) is 11.3 Å². The summed E-state index contributed by atoms with van der Waals surface area (Å²) >= 11 is 0. The van der Waals surface area contributed by atoms with Crippen LogP contribution in [0.15, 0.2) is 54.6 Å². The van der Waals surface area contributed by atoms with Gasteiger partial charge in [0.1, 0.15) is 11.5 Å². The van der Waals surface area contributed by atoms with E-state index in [1.807, 2.05) is 47.4 Å². The third-order valence-corrected chi connectivity index (χ3v) is 7.25. The lowest BCUT2D eigenvalue weighted by Crippen LogP contribution is -2.58. The second-order valence-electron chi connectivity index (χ2n) is 9.40. The zero-order chi connectivity index (χ0) is 22.1. The van der Waals surface area contributed by atoms with Gasteiger partial charge in [-0.05, 0) is 60.9 Å². The summed E-state index contributed by atoms with van der Waals surface area (Å²) in [6, 6.07) is 17.2. The van der Waals surface area contributed by atoms with E-state index >= 15 is 0 Å². The third kappa shape index (κ3) is 4.23. The standard InChI is InChI=1S/C25H29N3O4/c29-23(27-31)21-14-25(11-12-25)16-26-22(21)24(30)28-13-10-18(15-28)17-6-8-20(9-7-17)32-19-4-2-1-3-5-19/h1-9,18,21-22,26,31H,10-16H2,(H,27,29)/t18?,21-,22-/m0/s1. The lowest BCUT2D eigenvalue weighted by molar-refractivity contribution is -0.144. The fraction of sp³-hybridized carbons (Fsp3) is 0.440. The van der Waals surface area contributed by atoms with Crippen LogP contribution in [0.5, 0.6) is 11.5 Å². The van der Waals surface area contributed by atoms with Gasteiger partial charge in [0.2, 0.25) is 11.8 Å². The minimum absolute atomic E-state index is 0.0411. The fourth-order valence-corrected chi connectivity index (χ4v) is 5.13. The number of ether oxygens (including phenoxy) is 1. The number of para-hydroxylation sites is 1. The number of nitrogens with one attached hydrogen (secondary N) is 2. The molecule has 3 N–H and O–H groups in total. The van der Waals surface area contributed by atoms with Crippen molar-refractivity contribution in [3.63, 3.8) is 0 Å². The average Bonchev–Trinajstić information content (AvgIpc) is 3.39. The molecular formula is C25H29N3O4. The van der Waals surface area contributed by atoms with Crippen molar-refractivity contribution in [2.24, 2.45) is 11.3 Å². The van der Waals surface area contributed by atoms with Crippen molar-refractivity contribution in [3.8, 4) is 11.5 Å². The second kappa shape index (κ2) is 8.56. The molecule has 2 aliphatic heterocycles. The van der Waals surface area contributed by atoms with Gasteiger partial charge in [0, 0.05) is 25.6 Å². The monoisotopic (exact) mass is 435 g/mol.